The summed E-state index contributed by atoms with van der Waals surface area (Å²) in [6.45, 7) is 4.45. The molecule has 0 saturated heterocycles. The molecule has 0 unspecified atom stereocenters. The van der Waals surface area contributed by atoms with Crippen molar-refractivity contribution in [2.45, 2.75) is 20.3 Å². The number of ketones is 1. The SMILES string of the molecule is CCOC(=O)c1ccc(OCC)c(CC(=O)CBr)c1. The molecule has 19 heavy (non-hydrogen) atoms. The zero-order valence-corrected chi connectivity index (χ0v) is 12.7. The lowest BCUT2D eigenvalue weighted by molar-refractivity contribution is -0.115. The lowest BCUT2D eigenvalue weighted by Gasteiger charge is -2.11. The van der Waals surface area contributed by atoms with E-state index in [-0.39, 0.29) is 17.5 Å². The van der Waals surface area contributed by atoms with E-state index in [1.54, 1.807) is 25.1 Å². The summed E-state index contributed by atoms with van der Waals surface area (Å²) in [5.41, 5.74) is 1.14. The van der Waals surface area contributed by atoms with Crippen LogP contribution in [0.15, 0.2) is 18.2 Å². The molecule has 1 rings (SSSR count). The highest BCUT2D eigenvalue weighted by molar-refractivity contribution is 9.09. The minimum atomic E-state index is -0.391. The summed E-state index contributed by atoms with van der Waals surface area (Å²) in [6, 6.07) is 5.00. The number of carbonyl (C=O) groups is 2. The van der Waals surface area contributed by atoms with E-state index in [0.29, 0.717) is 30.1 Å². The number of Topliss-reactive ketones (excluding diaryl/α,β-unsaturated/α-hetero) is 1. The van der Waals surface area contributed by atoms with Gasteiger partial charge in [0, 0.05) is 12.0 Å². The van der Waals surface area contributed by atoms with Gasteiger partial charge in [0.25, 0.3) is 0 Å². The Morgan fingerprint density at radius 1 is 1.21 bits per heavy atom. The van der Waals surface area contributed by atoms with Gasteiger partial charge in [0.2, 0.25) is 0 Å². The van der Waals surface area contributed by atoms with Gasteiger partial charge in [-0.05, 0) is 32.0 Å². The molecule has 0 spiro atoms. The van der Waals surface area contributed by atoms with Crippen LogP contribution < -0.4 is 4.74 Å². The van der Waals surface area contributed by atoms with E-state index < -0.39 is 5.97 Å². The lowest BCUT2D eigenvalue weighted by Crippen LogP contribution is -2.09. The molecule has 0 bridgehead atoms. The van der Waals surface area contributed by atoms with E-state index >= 15 is 0 Å². The average molecular weight is 329 g/mol. The van der Waals surface area contributed by atoms with Crippen molar-refractivity contribution in [3.63, 3.8) is 0 Å². The summed E-state index contributed by atoms with van der Waals surface area (Å²) in [6.07, 6.45) is 0.230. The molecule has 0 atom stereocenters. The van der Waals surface area contributed by atoms with Gasteiger partial charge in [-0.25, -0.2) is 4.79 Å². The van der Waals surface area contributed by atoms with Crippen molar-refractivity contribution in [3.05, 3.63) is 29.3 Å². The van der Waals surface area contributed by atoms with Gasteiger partial charge in [0.05, 0.1) is 24.1 Å². The van der Waals surface area contributed by atoms with Crippen molar-refractivity contribution in [1.82, 2.24) is 0 Å². The minimum absolute atomic E-state index is 0.0296. The maximum Gasteiger partial charge on any atom is 0.338 e. The smallest absolute Gasteiger partial charge is 0.338 e. The largest absolute Gasteiger partial charge is 0.494 e. The molecular weight excluding hydrogens is 312 g/mol. The number of hydrogen-bond donors (Lipinski definition) is 0. The van der Waals surface area contributed by atoms with Gasteiger partial charge in [-0.15, -0.1) is 0 Å². The first kappa shape index (κ1) is 15.7. The number of benzene rings is 1. The minimum Gasteiger partial charge on any atom is -0.494 e. The Morgan fingerprint density at radius 3 is 2.53 bits per heavy atom. The molecule has 4 nitrogen and oxygen atoms in total. The summed E-state index contributed by atoms with van der Waals surface area (Å²) >= 11 is 3.13. The molecule has 0 heterocycles. The van der Waals surface area contributed by atoms with Gasteiger partial charge in [0.15, 0.2) is 0 Å². The molecule has 0 N–H and O–H groups in total. The van der Waals surface area contributed by atoms with E-state index in [1.807, 2.05) is 6.92 Å². The van der Waals surface area contributed by atoms with Gasteiger partial charge < -0.3 is 9.47 Å². The zero-order valence-electron chi connectivity index (χ0n) is 11.1. The van der Waals surface area contributed by atoms with E-state index in [4.69, 9.17) is 9.47 Å². The third-order valence-electron chi connectivity index (χ3n) is 2.41. The molecule has 5 heteroatoms. The van der Waals surface area contributed by atoms with Crippen molar-refractivity contribution in [2.75, 3.05) is 18.5 Å². The first-order valence-corrected chi connectivity index (χ1v) is 7.25. The third-order valence-corrected chi connectivity index (χ3v) is 3.03. The normalized spacial score (nSPS) is 10.1. The predicted octanol–water partition coefficient (Wildman–Crippen LogP) is 2.77. The second-order valence-corrected chi connectivity index (χ2v) is 4.39. The summed E-state index contributed by atoms with van der Waals surface area (Å²) < 4.78 is 10.4. The second kappa shape index (κ2) is 7.94. The van der Waals surface area contributed by atoms with Crippen LogP contribution in [0.4, 0.5) is 0 Å². The third kappa shape index (κ3) is 4.67. The van der Waals surface area contributed by atoms with E-state index in [1.165, 1.54) is 0 Å². The first-order valence-electron chi connectivity index (χ1n) is 6.12. The average Bonchev–Trinajstić information content (AvgIpc) is 2.41. The van der Waals surface area contributed by atoms with Crippen molar-refractivity contribution in [1.29, 1.82) is 0 Å². The number of alkyl halides is 1. The highest BCUT2D eigenvalue weighted by atomic mass is 79.9. The number of rotatable bonds is 7. The van der Waals surface area contributed by atoms with Crippen molar-refractivity contribution >= 4 is 27.7 Å². The van der Waals surface area contributed by atoms with Crippen molar-refractivity contribution < 1.29 is 19.1 Å². The molecule has 0 aliphatic carbocycles. The number of hydrogen-bond acceptors (Lipinski definition) is 4. The van der Waals surface area contributed by atoms with Crippen LogP contribution in [0, 0.1) is 0 Å². The molecule has 1 aromatic carbocycles. The fourth-order valence-corrected chi connectivity index (χ4v) is 1.81. The molecule has 0 aromatic heterocycles. The fraction of sp³-hybridized carbons (Fsp3) is 0.429. The Labute approximate surface area is 121 Å². The highest BCUT2D eigenvalue weighted by Gasteiger charge is 2.13. The van der Waals surface area contributed by atoms with E-state index in [2.05, 4.69) is 15.9 Å². The second-order valence-electron chi connectivity index (χ2n) is 3.83. The number of esters is 1. The monoisotopic (exact) mass is 328 g/mol. The Hall–Kier alpha value is -1.36. The topological polar surface area (TPSA) is 52.6 Å². The summed E-state index contributed by atoms with van der Waals surface area (Å²) in [4.78, 5) is 23.2. The Bertz CT molecular complexity index is 457. The van der Waals surface area contributed by atoms with Gasteiger partial charge in [0.1, 0.15) is 11.5 Å². The summed E-state index contributed by atoms with van der Waals surface area (Å²) in [5.74, 6) is 0.268. The maximum absolute atomic E-state index is 11.7. The maximum atomic E-state index is 11.7. The summed E-state index contributed by atoms with van der Waals surface area (Å²) in [5, 5.41) is 0.280. The standard InChI is InChI=1S/C14H17BrO4/c1-3-18-13-6-5-10(14(17)19-4-2)7-11(13)8-12(16)9-15/h5-7H,3-4,8-9H2,1-2H3. The fourth-order valence-electron chi connectivity index (χ4n) is 1.61. The molecule has 0 aliphatic heterocycles. The molecule has 1 aromatic rings. The van der Waals surface area contributed by atoms with Gasteiger partial charge in [-0.3, -0.25) is 4.79 Å². The Kier molecular flexibility index (Phi) is 6.56. The molecular formula is C14H17BrO4. The van der Waals surface area contributed by atoms with Crippen LogP contribution in [0.25, 0.3) is 0 Å². The van der Waals surface area contributed by atoms with Gasteiger partial charge in [-0.2, -0.15) is 0 Å². The zero-order chi connectivity index (χ0) is 14.3. The van der Waals surface area contributed by atoms with Crippen molar-refractivity contribution in [3.8, 4) is 5.75 Å². The lowest BCUT2D eigenvalue weighted by atomic mass is 10.0. The van der Waals surface area contributed by atoms with E-state index in [9.17, 15) is 9.59 Å². The quantitative estimate of drug-likeness (QED) is 0.570. The van der Waals surface area contributed by atoms with Crippen LogP contribution in [0.2, 0.25) is 0 Å². The van der Waals surface area contributed by atoms with Crippen LogP contribution in [-0.4, -0.2) is 30.3 Å². The first-order chi connectivity index (χ1) is 9.12. The van der Waals surface area contributed by atoms with Crippen LogP contribution in [0.1, 0.15) is 29.8 Å². The van der Waals surface area contributed by atoms with Gasteiger partial charge in [-0.1, -0.05) is 15.9 Å². The molecule has 0 fully saturated rings. The molecule has 0 aliphatic rings. The molecule has 0 amide bonds. The van der Waals surface area contributed by atoms with Crippen LogP contribution in [-0.2, 0) is 16.0 Å². The highest BCUT2D eigenvalue weighted by Crippen LogP contribution is 2.22. The molecule has 104 valence electrons. The molecule has 0 radical (unpaired) electrons. The number of halogens is 1. The molecule has 0 saturated carbocycles. The predicted molar refractivity (Wildman–Crippen MR) is 76.1 cm³/mol. The Morgan fingerprint density at radius 2 is 1.95 bits per heavy atom. The van der Waals surface area contributed by atoms with Crippen LogP contribution >= 0.6 is 15.9 Å². The van der Waals surface area contributed by atoms with Gasteiger partial charge >= 0.3 is 5.97 Å². The number of ether oxygens (including phenoxy) is 2. The Balaban J connectivity index is 3.03. The summed E-state index contributed by atoms with van der Waals surface area (Å²) in [7, 11) is 0. The van der Waals surface area contributed by atoms with E-state index in [0.717, 1.165) is 0 Å². The van der Waals surface area contributed by atoms with Crippen LogP contribution in [0.5, 0.6) is 5.75 Å². The van der Waals surface area contributed by atoms with Crippen LogP contribution in [0.3, 0.4) is 0 Å². The number of carbonyl (C=O) groups excluding carboxylic acids is 2. The van der Waals surface area contributed by atoms with Crippen molar-refractivity contribution in [2.24, 2.45) is 0 Å².